The van der Waals surface area contributed by atoms with Crippen LogP contribution in [-0.2, 0) is 0 Å². The molecule has 1 rings (SSSR count). The molecule has 0 aliphatic rings. The molecule has 0 radical (unpaired) electrons. The van der Waals surface area contributed by atoms with Crippen LogP contribution in [0.1, 0.15) is 0 Å². The summed E-state index contributed by atoms with van der Waals surface area (Å²) in [6.45, 7) is 6.25. The summed E-state index contributed by atoms with van der Waals surface area (Å²) in [6.07, 6.45) is 3.17. The van der Waals surface area contributed by atoms with E-state index in [0.29, 0.717) is 0 Å². The molecule has 0 unspecified atom stereocenters. The molecule has 0 saturated heterocycles. The smallest absolute Gasteiger partial charge is 0.0690 e. The maximum Gasteiger partial charge on any atom is 0.0690 e. The molecule has 0 fully saturated rings. The summed E-state index contributed by atoms with van der Waals surface area (Å²) in [5.74, 6) is 0. The fraction of sp³-hybridized carbons (Fsp3) is 0. The first-order chi connectivity index (χ1) is 3.91. The number of aromatic amines is 1. The molecule has 0 aliphatic carbocycles. The van der Waals surface area contributed by atoms with Gasteiger partial charge in [0, 0.05) is 0 Å². The highest BCUT2D eigenvalue weighted by Crippen LogP contribution is 1.55. The highest BCUT2D eigenvalue weighted by Gasteiger charge is 1.57. The zero-order chi connectivity index (χ0) is 6.24. The van der Waals surface area contributed by atoms with Crippen LogP contribution in [0.5, 0.6) is 0 Å². The third-order valence-electron chi connectivity index (χ3n) is 0.331. The molecule has 3 heteroatoms. The fourth-order valence-corrected chi connectivity index (χ4v) is 0.167. The zero-order valence-electron chi connectivity index (χ0n) is 4.46. The monoisotopic (exact) mass is 109 g/mol. The predicted octanol–water partition coefficient (Wildman–Crippen LogP) is 0.762. The third kappa shape index (κ3) is 4.66. The SMILES string of the molecule is C=C=C.c1cn[nH]n1. The molecule has 0 spiro atoms. The number of H-pyrrole nitrogens is 1. The van der Waals surface area contributed by atoms with Gasteiger partial charge in [0.15, 0.2) is 0 Å². The van der Waals surface area contributed by atoms with E-state index in [1.54, 1.807) is 12.4 Å². The molecular formula is C5H7N3. The Labute approximate surface area is 47.7 Å². The molecule has 0 saturated carbocycles. The van der Waals surface area contributed by atoms with Gasteiger partial charge >= 0.3 is 0 Å². The van der Waals surface area contributed by atoms with Crippen LogP contribution in [0.15, 0.2) is 31.3 Å². The number of hydrogen-bond donors (Lipinski definition) is 1. The molecule has 1 N–H and O–H groups in total. The van der Waals surface area contributed by atoms with Crippen molar-refractivity contribution in [3.05, 3.63) is 31.3 Å². The fourth-order valence-electron chi connectivity index (χ4n) is 0.167. The molecule has 1 aromatic rings. The van der Waals surface area contributed by atoms with Crippen LogP contribution in [0.25, 0.3) is 0 Å². The van der Waals surface area contributed by atoms with Crippen molar-refractivity contribution in [2.24, 2.45) is 0 Å². The number of nitrogens with zero attached hydrogens (tertiary/aromatic N) is 2. The first-order valence-corrected chi connectivity index (χ1v) is 2.00. The van der Waals surface area contributed by atoms with Crippen molar-refractivity contribution >= 4 is 0 Å². The molecule has 0 aromatic carbocycles. The summed E-state index contributed by atoms with van der Waals surface area (Å²) in [4.78, 5) is 0. The highest BCUT2D eigenvalue weighted by molar-refractivity contribution is 4.54. The Kier molecular flexibility index (Phi) is 4.71. The molecule has 3 nitrogen and oxygen atoms in total. The number of rotatable bonds is 0. The van der Waals surface area contributed by atoms with Crippen molar-refractivity contribution in [3.8, 4) is 0 Å². The van der Waals surface area contributed by atoms with E-state index in [2.05, 4.69) is 34.3 Å². The van der Waals surface area contributed by atoms with Gasteiger partial charge in [-0.2, -0.15) is 15.4 Å². The van der Waals surface area contributed by atoms with Crippen LogP contribution in [-0.4, -0.2) is 15.4 Å². The van der Waals surface area contributed by atoms with E-state index in [1.165, 1.54) is 0 Å². The van der Waals surface area contributed by atoms with Gasteiger partial charge in [-0.3, -0.25) is 0 Å². The molecule has 1 heterocycles. The van der Waals surface area contributed by atoms with Gasteiger partial charge in [0.25, 0.3) is 0 Å². The Morgan fingerprint density at radius 3 is 1.75 bits per heavy atom. The van der Waals surface area contributed by atoms with Crippen LogP contribution in [0.4, 0.5) is 0 Å². The van der Waals surface area contributed by atoms with Gasteiger partial charge in [0.2, 0.25) is 0 Å². The predicted molar refractivity (Wildman–Crippen MR) is 31.1 cm³/mol. The molecule has 1 aromatic heterocycles. The second-order valence-electron chi connectivity index (χ2n) is 0.906. The van der Waals surface area contributed by atoms with Gasteiger partial charge in [-0.15, -0.1) is 5.73 Å². The summed E-state index contributed by atoms with van der Waals surface area (Å²) in [6, 6.07) is 0. The summed E-state index contributed by atoms with van der Waals surface area (Å²) < 4.78 is 0. The van der Waals surface area contributed by atoms with E-state index in [9.17, 15) is 0 Å². The van der Waals surface area contributed by atoms with Gasteiger partial charge in [0.1, 0.15) is 0 Å². The van der Waals surface area contributed by atoms with E-state index in [-0.39, 0.29) is 0 Å². The van der Waals surface area contributed by atoms with Crippen molar-refractivity contribution in [1.29, 1.82) is 0 Å². The van der Waals surface area contributed by atoms with Crippen LogP contribution in [0.3, 0.4) is 0 Å². The molecular weight excluding hydrogens is 102 g/mol. The lowest BCUT2D eigenvalue weighted by Crippen LogP contribution is -1.61. The molecule has 8 heavy (non-hydrogen) atoms. The lowest BCUT2D eigenvalue weighted by atomic mass is 11.0. The minimum atomic E-state index is 1.58. The topological polar surface area (TPSA) is 41.6 Å². The first kappa shape index (κ1) is 6.66. The van der Waals surface area contributed by atoms with Gasteiger partial charge in [-0.1, -0.05) is 13.2 Å². The van der Waals surface area contributed by atoms with Crippen molar-refractivity contribution in [3.63, 3.8) is 0 Å². The van der Waals surface area contributed by atoms with Crippen molar-refractivity contribution in [2.75, 3.05) is 0 Å². The van der Waals surface area contributed by atoms with Crippen LogP contribution >= 0.6 is 0 Å². The Hall–Kier alpha value is -1.34. The average molecular weight is 109 g/mol. The van der Waals surface area contributed by atoms with E-state index < -0.39 is 0 Å². The number of hydrogen-bond acceptors (Lipinski definition) is 2. The summed E-state index contributed by atoms with van der Waals surface area (Å²) in [5, 5.41) is 9.33. The summed E-state index contributed by atoms with van der Waals surface area (Å²) in [7, 11) is 0. The Morgan fingerprint density at radius 1 is 1.25 bits per heavy atom. The minimum Gasteiger partial charge on any atom is -0.198 e. The second-order valence-corrected chi connectivity index (χ2v) is 0.906. The Morgan fingerprint density at radius 2 is 1.62 bits per heavy atom. The van der Waals surface area contributed by atoms with Gasteiger partial charge < -0.3 is 0 Å². The number of aromatic nitrogens is 3. The maximum atomic E-state index is 3.49. The molecule has 0 bridgehead atoms. The van der Waals surface area contributed by atoms with Crippen molar-refractivity contribution < 1.29 is 0 Å². The molecule has 0 amide bonds. The zero-order valence-corrected chi connectivity index (χ0v) is 4.46. The summed E-state index contributed by atoms with van der Waals surface area (Å²) >= 11 is 0. The van der Waals surface area contributed by atoms with Crippen LogP contribution in [0, 0.1) is 0 Å². The van der Waals surface area contributed by atoms with Crippen molar-refractivity contribution in [2.45, 2.75) is 0 Å². The molecule has 0 aliphatic heterocycles. The lowest BCUT2D eigenvalue weighted by Gasteiger charge is -1.48. The minimum absolute atomic E-state index is 1.58. The molecule has 0 atom stereocenters. The van der Waals surface area contributed by atoms with E-state index >= 15 is 0 Å². The average Bonchev–Trinajstić information content (AvgIpc) is 2.17. The summed E-state index contributed by atoms with van der Waals surface area (Å²) in [5.41, 5.74) is 2.25. The Bertz CT molecular complexity index is 119. The second kappa shape index (κ2) is 5.66. The first-order valence-electron chi connectivity index (χ1n) is 2.00. The third-order valence-corrected chi connectivity index (χ3v) is 0.331. The van der Waals surface area contributed by atoms with Crippen LogP contribution in [0.2, 0.25) is 0 Å². The largest absolute Gasteiger partial charge is 0.198 e. The standard InChI is InChI=1S/C3H4.C2H3N3/c1-3-2;1-2-4-5-3-1/h1-2H2;1-2H,(H,3,4,5). The van der Waals surface area contributed by atoms with Gasteiger partial charge in [-0.25, -0.2) is 0 Å². The van der Waals surface area contributed by atoms with E-state index in [4.69, 9.17) is 0 Å². The maximum absolute atomic E-state index is 3.49. The highest BCUT2D eigenvalue weighted by atomic mass is 15.3. The molecule has 42 valence electrons. The van der Waals surface area contributed by atoms with E-state index in [1.807, 2.05) is 0 Å². The number of nitrogens with one attached hydrogen (secondary N) is 1. The normalized spacial score (nSPS) is 6.00. The lowest BCUT2D eigenvalue weighted by molar-refractivity contribution is 0.940. The Balaban J connectivity index is 0.000000145. The van der Waals surface area contributed by atoms with Gasteiger partial charge in [0.05, 0.1) is 12.4 Å². The van der Waals surface area contributed by atoms with Crippen LogP contribution < -0.4 is 0 Å². The van der Waals surface area contributed by atoms with E-state index in [0.717, 1.165) is 0 Å². The van der Waals surface area contributed by atoms with Crippen molar-refractivity contribution in [1.82, 2.24) is 15.4 Å². The van der Waals surface area contributed by atoms with Gasteiger partial charge in [-0.05, 0) is 0 Å². The quantitative estimate of drug-likeness (QED) is 0.500.